The molecule has 0 aliphatic carbocycles. The summed E-state index contributed by atoms with van der Waals surface area (Å²) in [4.78, 5) is 2.20. The molecule has 3 heteroatoms. The number of hydrogen-bond donors (Lipinski definition) is 1. The van der Waals surface area contributed by atoms with Crippen molar-refractivity contribution in [2.45, 2.75) is 32.9 Å². The molecule has 1 heterocycles. The van der Waals surface area contributed by atoms with Crippen LogP contribution in [-0.4, -0.2) is 14.1 Å². The molecule has 1 atom stereocenters. The molecule has 0 saturated carbocycles. The Morgan fingerprint density at radius 1 is 1.15 bits per heavy atom. The number of nitrogens with one attached hydrogen (secondary N) is 1. The zero-order valence-electron chi connectivity index (χ0n) is 12.8. The number of benzene rings is 1. The Morgan fingerprint density at radius 3 is 2.35 bits per heavy atom. The highest BCUT2D eigenvalue weighted by Gasteiger charge is 2.08. The van der Waals surface area contributed by atoms with E-state index in [-0.39, 0.29) is 0 Å². The van der Waals surface area contributed by atoms with Crippen LogP contribution in [0.15, 0.2) is 40.8 Å². The lowest BCUT2D eigenvalue weighted by Crippen LogP contribution is -2.17. The quantitative estimate of drug-likeness (QED) is 0.864. The highest BCUT2D eigenvalue weighted by atomic mass is 16.3. The normalized spacial score (nSPS) is 12.4. The molecule has 0 fully saturated rings. The van der Waals surface area contributed by atoms with Crippen molar-refractivity contribution in [2.24, 2.45) is 0 Å². The number of furan rings is 1. The largest absolute Gasteiger partial charge is 0.464 e. The molecule has 0 aliphatic heterocycles. The fourth-order valence-corrected chi connectivity index (χ4v) is 2.46. The molecule has 20 heavy (non-hydrogen) atoms. The Kier molecular flexibility index (Phi) is 4.85. The van der Waals surface area contributed by atoms with Gasteiger partial charge in [-0.3, -0.25) is 0 Å². The van der Waals surface area contributed by atoms with Gasteiger partial charge in [0.05, 0.1) is 6.54 Å². The van der Waals surface area contributed by atoms with Crippen LogP contribution in [0.25, 0.3) is 0 Å². The Hall–Kier alpha value is -1.74. The average Bonchev–Trinajstić information content (AvgIpc) is 2.86. The molecule has 0 amide bonds. The summed E-state index contributed by atoms with van der Waals surface area (Å²) in [6.07, 6.45) is 1.09. The number of anilines is 1. The predicted molar refractivity (Wildman–Crippen MR) is 84.1 cm³/mol. The van der Waals surface area contributed by atoms with Gasteiger partial charge in [0, 0.05) is 18.8 Å². The SMILES string of the molecule is CCC(NC)c1ccc(N(C)Cc2ccc(C)o2)cc1. The van der Waals surface area contributed by atoms with Crippen LogP contribution in [-0.2, 0) is 6.54 Å². The van der Waals surface area contributed by atoms with Crippen molar-refractivity contribution in [1.82, 2.24) is 5.32 Å². The summed E-state index contributed by atoms with van der Waals surface area (Å²) in [7, 11) is 4.09. The molecular formula is C17H24N2O. The van der Waals surface area contributed by atoms with E-state index in [0.717, 1.165) is 24.5 Å². The maximum absolute atomic E-state index is 5.62. The molecule has 0 saturated heterocycles. The third-order valence-electron chi connectivity index (χ3n) is 3.68. The molecular weight excluding hydrogens is 248 g/mol. The maximum atomic E-state index is 5.62. The summed E-state index contributed by atoms with van der Waals surface area (Å²) in [5.41, 5.74) is 2.54. The fourth-order valence-electron chi connectivity index (χ4n) is 2.46. The van der Waals surface area contributed by atoms with E-state index in [1.165, 1.54) is 11.3 Å². The van der Waals surface area contributed by atoms with E-state index in [1.807, 2.05) is 26.1 Å². The van der Waals surface area contributed by atoms with Crippen molar-refractivity contribution < 1.29 is 4.42 Å². The van der Waals surface area contributed by atoms with Crippen LogP contribution in [0, 0.1) is 6.92 Å². The van der Waals surface area contributed by atoms with Gasteiger partial charge in [-0.15, -0.1) is 0 Å². The first kappa shape index (κ1) is 14.7. The molecule has 3 nitrogen and oxygen atoms in total. The minimum absolute atomic E-state index is 0.432. The van der Waals surface area contributed by atoms with Crippen molar-refractivity contribution in [2.75, 3.05) is 19.0 Å². The van der Waals surface area contributed by atoms with Crippen LogP contribution in [0.1, 0.15) is 36.5 Å². The van der Waals surface area contributed by atoms with E-state index in [9.17, 15) is 0 Å². The second-order valence-electron chi connectivity index (χ2n) is 5.21. The maximum Gasteiger partial charge on any atom is 0.123 e. The smallest absolute Gasteiger partial charge is 0.123 e. The van der Waals surface area contributed by atoms with Crippen LogP contribution >= 0.6 is 0 Å². The first-order valence-corrected chi connectivity index (χ1v) is 7.17. The van der Waals surface area contributed by atoms with Crippen molar-refractivity contribution in [3.8, 4) is 0 Å². The van der Waals surface area contributed by atoms with Crippen molar-refractivity contribution in [3.05, 3.63) is 53.5 Å². The first-order chi connectivity index (χ1) is 9.63. The molecule has 2 rings (SSSR count). The van der Waals surface area contributed by atoms with Gasteiger partial charge in [0.25, 0.3) is 0 Å². The van der Waals surface area contributed by atoms with Gasteiger partial charge in [-0.05, 0) is 50.2 Å². The fraction of sp³-hybridized carbons (Fsp3) is 0.412. The molecule has 0 radical (unpaired) electrons. The lowest BCUT2D eigenvalue weighted by Gasteiger charge is -2.20. The van der Waals surface area contributed by atoms with Crippen molar-refractivity contribution in [3.63, 3.8) is 0 Å². The lowest BCUT2D eigenvalue weighted by atomic mass is 10.0. The molecule has 0 spiro atoms. The monoisotopic (exact) mass is 272 g/mol. The summed E-state index contributed by atoms with van der Waals surface area (Å²) < 4.78 is 5.62. The number of nitrogens with zero attached hydrogens (tertiary/aromatic N) is 1. The van der Waals surface area contributed by atoms with Gasteiger partial charge in [0.15, 0.2) is 0 Å². The van der Waals surface area contributed by atoms with Gasteiger partial charge in [-0.1, -0.05) is 19.1 Å². The van der Waals surface area contributed by atoms with Crippen LogP contribution in [0.4, 0.5) is 5.69 Å². The molecule has 108 valence electrons. The molecule has 1 N–H and O–H groups in total. The minimum Gasteiger partial charge on any atom is -0.464 e. The highest BCUT2D eigenvalue weighted by Crippen LogP contribution is 2.21. The van der Waals surface area contributed by atoms with Crippen molar-refractivity contribution in [1.29, 1.82) is 0 Å². The molecule has 0 bridgehead atoms. The van der Waals surface area contributed by atoms with Gasteiger partial charge >= 0.3 is 0 Å². The second-order valence-corrected chi connectivity index (χ2v) is 5.21. The molecule has 1 aromatic heterocycles. The molecule has 0 aliphatic rings. The number of hydrogen-bond acceptors (Lipinski definition) is 3. The Balaban J connectivity index is 2.05. The topological polar surface area (TPSA) is 28.4 Å². The van der Waals surface area contributed by atoms with E-state index in [1.54, 1.807) is 0 Å². The van der Waals surface area contributed by atoms with Crippen LogP contribution in [0.5, 0.6) is 0 Å². The van der Waals surface area contributed by atoms with Gasteiger partial charge in [-0.25, -0.2) is 0 Å². The minimum atomic E-state index is 0.432. The standard InChI is InChI=1S/C17H24N2O/c1-5-17(18-3)14-7-9-15(10-8-14)19(4)12-16-11-6-13(2)20-16/h6-11,17-18H,5,12H2,1-4H3. The Labute approximate surface area is 121 Å². The predicted octanol–water partition coefficient (Wildman–Crippen LogP) is 3.89. The summed E-state index contributed by atoms with van der Waals surface area (Å²) in [6, 6.07) is 13.2. The van der Waals surface area contributed by atoms with Crippen LogP contribution in [0.3, 0.4) is 0 Å². The third-order valence-corrected chi connectivity index (χ3v) is 3.68. The Bertz CT molecular complexity index is 526. The molecule has 2 aromatic rings. The van der Waals surface area contributed by atoms with Gasteiger partial charge in [0.1, 0.15) is 11.5 Å². The third kappa shape index (κ3) is 3.42. The number of rotatable bonds is 6. The van der Waals surface area contributed by atoms with Crippen LogP contribution < -0.4 is 10.2 Å². The van der Waals surface area contributed by atoms with E-state index in [2.05, 4.69) is 48.5 Å². The highest BCUT2D eigenvalue weighted by molar-refractivity contribution is 5.47. The molecule has 1 unspecified atom stereocenters. The Morgan fingerprint density at radius 2 is 1.85 bits per heavy atom. The van der Waals surface area contributed by atoms with Crippen molar-refractivity contribution >= 4 is 5.69 Å². The number of aryl methyl sites for hydroxylation is 1. The van der Waals surface area contributed by atoms with E-state index in [4.69, 9.17) is 4.42 Å². The van der Waals surface area contributed by atoms with Gasteiger partial charge < -0.3 is 14.6 Å². The second kappa shape index (κ2) is 6.62. The summed E-state index contributed by atoms with van der Waals surface area (Å²) in [5, 5.41) is 3.33. The zero-order valence-corrected chi connectivity index (χ0v) is 12.8. The van der Waals surface area contributed by atoms with Gasteiger partial charge in [0.2, 0.25) is 0 Å². The average molecular weight is 272 g/mol. The summed E-state index contributed by atoms with van der Waals surface area (Å²) in [6.45, 7) is 4.96. The summed E-state index contributed by atoms with van der Waals surface area (Å²) >= 11 is 0. The first-order valence-electron chi connectivity index (χ1n) is 7.17. The zero-order chi connectivity index (χ0) is 14.5. The molecule has 1 aromatic carbocycles. The van der Waals surface area contributed by atoms with Crippen LogP contribution in [0.2, 0.25) is 0 Å². The lowest BCUT2D eigenvalue weighted by molar-refractivity contribution is 0.482. The van der Waals surface area contributed by atoms with Gasteiger partial charge in [-0.2, -0.15) is 0 Å². The summed E-state index contributed by atoms with van der Waals surface area (Å²) in [5.74, 6) is 1.96. The van der Waals surface area contributed by atoms with E-state index in [0.29, 0.717) is 6.04 Å². The van der Waals surface area contributed by atoms with E-state index < -0.39 is 0 Å². The van der Waals surface area contributed by atoms with E-state index >= 15 is 0 Å².